The number of nitrogens with one attached hydrogen (secondary N) is 1. The number of hydrogen-bond donors (Lipinski definition) is 1. The maximum absolute atomic E-state index is 11.0. The first-order valence-electron chi connectivity index (χ1n) is 5.54. The second-order valence-corrected chi connectivity index (χ2v) is 4.05. The summed E-state index contributed by atoms with van der Waals surface area (Å²) in [4.78, 5) is 12.8. The van der Waals surface area contributed by atoms with Crippen molar-refractivity contribution in [1.82, 2.24) is 10.2 Å². The third kappa shape index (κ3) is 5.79. The van der Waals surface area contributed by atoms with Crippen molar-refractivity contribution in [3.63, 3.8) is 0 Å². The van der Waals surface area contributed by atoms with Crippen molar-refractivity contribution in [3.8, 4) is 0 Å². The van der Waals surface area contributed by atoms with E-state index in [0.717, 1.165) is 39.4 Å². The van der Waals surface area contributed by atoms with Crippen molar-refractivity contribution in [2.75, 3.05) is 57.9 Å². The van der Waals surface area contributed by atoms with E-state index in [1.807, 2.05) is 0 Å². The van der Waals surface area contributed by atoms with Crippen molar-refractivity contribution < 1.29 is 14.3 Å². The fourth-order valence-corrected chi connectivity index (χ4v) is 1.77. The summed E-state index contributed by atoms with van der Waals surface area (Å²) in [6.07, 6.45) is 0. The van der Waals surface area contributed by atoms with E-state index in [-0.39, 0.29) is 5.91 Å². The van der Waals surface area contributed by atoms with E-state index in [9.17, 15) is 4.79 Å². The van der Waals surface area contributed by atoms with Gasteiger partial charge in [0.2, 0.25) is 5.91 Å². The average Bonchev–Trinajstić information content (AvgIpc) is 2.41. The summed E-state index contributed by atoms with van der Waals surface area (Å²) in [5, 5.41) is 3.58. The molecule has 0 aromatic carbocycles. The second-order valence-electron chi connectivity index (χ2n) is 3.49. The molecule has 2 fully saturated rings. The SMILES string of the molecule is C1COCCN1.O=C(CBr)N1CCOCC1. The average molecular weight is 295 g/mol. The minimum Gasteiger partial charge on any atom is -0.379 e. The summed E-state index contributed by atoms with van der Waals surface area (Å²) in [5.41, 5.74) is 0. The smallest absolute Gasteiger partial charge is 0.233 e. The molecule has 0 saturated carbocycles. The predicted molar refractivity (Wildman–Crippen MR) is 64.9 cm³/mol. The van der Waals surface area contributed by atoms with Gasteiger partial charge >= 0.3 is 0 Å². The summed E-state index contributed by atoms with van der Waals surface area (Å²) in [5.74, 6) is 0.156. The second kappa shape index (κ2) is 8.92. The van der Waals surface area contributed by atoms with E-state index in [2.05, 4.69) is 21.2 Å². The number of carbonyl (C=O) groups is 1. The largest absolute Gasteiger partial charge is 0.379 e. The lowest BCUT2D eigenvalue weighted by atomic mass is 10.4. The van der Waals surface area contributed by atoms with Crippen LogP contribution in [0.25, 0.3) is 0 Å². The molecule has 0 aromatic rings. The summed E-state index contributed by atoms with van der Waals surface area (Å²) in [6, 6.07) is 0. The molecule has 5 nitrogen and oxygen atoms in total. The minimum atomic E-state index is 0.156. The molecule has 1 amide bonds. The molecule has 0 spiro atoms. The van der Waals surface area contributed by atoms with Gasteiger partial charge in [0.05, 0.1) is 31.8 Å². The van der Waals surface area contributed by atoms with E-state index in [0.29, 0.717) is 18.5 Å². The van der Waals surface area contributed by atoms with Crippen LogP contribution in [0.5, 0.6) is 0 Å². The molecular weight excluding hydrogens is 276 g/mol. The quantitative estimate of drug-likeness (QED) is 0.683. The molecule has 16 heavy (non-hydrogen) atoms. The molecule has 0 aliphatic carbocycles. The third-order valence-electron chi connectivity index (χ3n) is 2.32. The Morgan fingerprint density at radius 3 is 2.06 bits per heavy atom. The molecule has 0 aromatic heterocycles. The molecule has 2 saturated heterocycles. The standard InChI is InChI=1S/C6H10BrNO2.C4H9NO/c7-5-6(9)8-1-3-10-4-2-8;1-3-6-4-2-5-1/h1-5H2;5H,1-4H2. The molecule has 1 N–H and O–H groups in total. The lowest BCUT2D eigenvalue weighted by Gasteiger charge is -2.25. The van der Waals surface area contributed by atoms with E-state index < -0.39 is 0 Å². The molecule has 2 rings (SSSR count). The Balaban J connectivity index is 0.000000181. The van der Waals surface area contributed by atoms with Crippen LogP contribution in [-0.2, 0) is 14.3 Å². The Hall–Kier alpha value is -0.170. The van der Waals surface area contributed by atoms with Gasteiger partial charge < -0.3 is 19.7 Å². The molecular formula is C10H19BrN2O3. The van der Waals surface area contributed by atoms with Gasteiger partial charge in [-0.2, -0.15) is 0 Å². The van der Waals surface area contributed by atoms with E-state index in [1.165, 1.54) is 0 Å². The zero-order valence-corrected chi connectivity index (χ0v) is 11.0. The van der Waals surface area contributed by atoms with Crippen LogP contribution in [0.4, 0.5) is 0 Å². The normalized spacial score (nSPS) is 20.9. The van der Waals surface area contributed by atoms with Gasteiger partial charge in [-0.05, 0) is 0 Å². The minimum absolute atomic E-state index is 0.156. The number of morpholine rings is 2. The highest BCUT2D eigenvalue weighted by Crippen LogP contribution is 1.98. The van der Waals surface area contributed by atoms with Crippen molar-refractivity contribution in [2.24, 2.45) is 0 Å². The number of ether oxygens (including phenoxy) is 2. The monoisotopic (exact) mass is 294 g/mol. The lowest BCUT2D eigenvalue weighted by Crippen LogP contribution is -2.41. The molecule has 0 radical (unpaired) electrons. The summed E-state index contributed by atoms with van der Waals surface area (Å²) in [6.45, 7) is 6.67. The maximum Gasteiger partial charge on any atom is 0.233 e. The van der Waals surface area contributed by atoms with Crippen molar-refractivity contribution in [2.45, 2.75) is 0 Å². The molecule has 0 unspecified atom stereocenters. The van der Waals surface area contributed by atoms with Crippen LogP contribution < -0.4 is 5.32 Å². The zero-order valence-electron chi connectivity index (χ0n) is 9.41. The molecule has 0 bridgehead atoms. The number of halogens is 1. The Kier molecular flexibility index (Phi) is 7.75. The Morgan fingerprint density at radius 2 is 1.69 bits per heavy atom. The van der Waals surface area contributed by atoms with Crippen molar-refractivity contribution in [1.29, 1.82) is 0 Å². The Labute approximate surface area is 105 Å². The van der Waals surface area contributed by atoms with Crippen LogP contribution in [0.3, 0.4) is 0 Å². The summed E-state index contributed by atoms with van der Waals surface area (Å²) < 4.78 is 10.1. The number of hydrogen-bond acceptors (Lipinski definition) is 4. The van der Waals surface area contributed by atoms with E-state index in [1.54, 1.807) is 4.90 Å². The molecule has 94 valence electrons. The van der Waals surface area contributed by atoms with Gasteiger partial charge in [0.25, 0.3) is 0 Å². The molecule has 2 aliphatic rings. The summed E-state index contributed by atoms with van der Waals surface area (Å²) >= 11 is 3.12. The van der Waals surface area contributed by atoms with Crippen LogP contribution in [0, 0.1) is 0 Å². The van der Waals surface area contributed by atoms with Gasteiger partial charge in [0.15, 0.2) is 0 Å². The van der Waals surface area contributed by atoms with Crippen LogP contribution in [0.2, 0.25) is 0 Å². The Bertz CT molecular complexity index is 183. The van der Waals surface area contributed by atoms with Crippen LogP contribution in [0.1, 0.15) is 0 Å². The lowest BCUT2D eigenvalue weighted by molar-refractivity contribution is -0.132. The fraction of sp³-hybridized carbons (Fsp3) is 0.900. The number of nitrogens with zero attached hydrogens (tertiary/aromatic N) is 1. The van der Waals surface area contributed by atoms with Gasteiger partial charge in [-0.15, -0.1) is 0 Å². The highest BCUT2D eigenvalue weighted by molar-refractivity contribution is 9.09. The van der Waals surface area contributed by atoms with Crippen LogP contribution in [0.15, 0.2) is 0 Å². The van der Waals surface area contributed by atoms with Crippen LogP contribution >= 0.6 is 15.9 Å². The van der Waals surface area contributed by atoms with E-state index >= 15 is 0 Å². The number of alkyl halides is 1. The first-order chi connectivity index (χ1) is 7.84. The first kappa shape index (κ1) is 13.9. The van der Waals surface area contributed by atoms with Gasteiger partial charge in [-0.25, -0.2) is 0 Å². The number of carbonyl (C=O) groups excluding carboxylic acids is 1. The zero-order chi connectivity index (χ0) is 11.6. The molecule has 0 atom stereocenters. The maximum atomic E-state index is 11.0. The van der Waals surface area contributed by atoms with Gasteiger partial charge in [0, 0.05) is 26.2 Å². The highest BCUT2D eigenvalue weighted by atomic mass is 79.9. The summed E-state index contributed by atoms with van der Waals surface area (Å²) in [7, 11) is 0. The predicted octanol–water partition coefficient (Wildman–Crippen LogP) is -0.154. The van der Waals surface area contributed by atoms with E-state index in [4.69, 9.17) is 9.47 Å². The molecule has 2 heterocycles. The molecule has 2 aliphatic heterocycles. The van der Waals surface area contributed by atoms with Crippen molar-refractivity contribution >= 4 is 21.8 Å². The topological polar surface area (TPSA) is 50.8 Å². The van der Waals surface area contributed by atoms with Gasteiger partial charge in [0.1, 0.15) is 0 Å². The van der Waals surface area contributed by atoms with Gasteiger partial charge in [-0.1, -0.05) is 15.9 Å². The third-order valence-corrected chi connectivity index (χ3v) is 2.80. The van der Waals surface area contributed by atoms with Crippen LogP contribution in [-0.4, -0.2) is 68.7 Å². The van der Waals surface area contributed by atoms with Gasteiger partial charge in [-0.3, -0.25) is 4.79 Å². The Morgan fingerprint density at radius 1 is 1.12 bits per heavy atom. The van der Waals surface area contributed by atoms with Crippen molar-refractivity contribution in [3.05, 3.63) is 0 Å². The first-order valence-corrected chi connectivity index (χ1v) is 6.66. The fourth-order valence-electron chi connectivity index (χ4n) is 1.41. The molecule has 6 heteroatoms. The number of amides is 1. The number of rotatable bonds is 1. The highest BCUT2D eigenvalue weighted by Gasteiger charge is 2.14.